The maximum absolute atomic E-state index is 13.5. The zero-order valence-electron chi connectivity index (χ0n) is 18.6. The summed E-state index contributed by atoms with van der Waals surface area (Å²) in [4.78, 5) is 13.2. The Morgan fingerprint density at radius 3 is 2.19 bits per heavy atom. The molecule has 0 saturated carbocycles. The number of rotatable bonds is 8. The number of anilines is 2. The largest absolute Gasteiger partial charge is 0.455 e. The molecule has 0 saturated heterocycles. The van der Waals surface area contributed by atoms with Crippen LogP contribution in [0.1, 0.15) is 0 Å². The van der Waals surface area contributed by atoms with Gasteiger partial charge in [-0.25, -0.2) is 8.42 Å². The monoisotopic (exact) mass is 560 g/mol. The Balaban J connectivity index is 1.67. The van der Waals surface area contributed by atoms with Crippen molar-refractivity contribution in [1.29, 1.82) is 0 Å². The molecule has 0 fully saturated rings. The van der Waals surface area contributed by atoms with Crippen molar-refractivity contribution in [3.05, 3.63) is 112 Å². The van der Waals surface area contributed by atoms with Crippen LogP contribution >= 0.6 is 34.8 Å². The van der Waals surface area contributed by atoms with Gasteiger partial charge in [-0.2, -0.15) is 0 Å². The highest BCUT2D eigenvalue weighted by Crippen LogP contribution is 2.36. The van der Waals surface area contributed by atoms with Crippen LogP contribution in [0.3, 0.4) is 0 Å². The van der Waals surface area contributed by atoms with Gasteiger partial charge in [0.2, 0.25) is 5.91 Å². The third kappa shape index (κ3) is 5.94. The molecule has 184 valence electrons. The molecule has 0 aliphatic rings. The normalized spacial score (nSPS) is 11.1. The van der Waals surface area contributed by atoms with Crippen molar-refractivity contribution < 1.29 is 17.9 Å². The van der Waals surface area contributed by atoms with Gasteiger partial charge in [0.1, 0.15) is 12.3 Å². The molecule has 4 aromatic carbocycles. The summed E-state index contributed by atoms with van der Waals surface area (Å²) in [7, 11) is -4.18. The number of benzene rings is 4. The van der Waals surface area contributed by atoms with Gasteiger partial charge in [0.25, 0.3) is 10.0 Å². The molecule has 0 aromatic heterocycles. The maximum atomic E-state index is 13.5. The van der Waals surface area contributed by atoms with E-state index < -0.39 is 22.5 Å². The smallest absolute Gasteiger partial charge is 0.264 e. The molecule has 6 nitrogen and oxygen atoms in total. The lowest BCUT2D eigenvalue weighted by Crippen LogP contribution is -2.38. The maximum Gasteiger partial charge on any atom is 0.264 e. The summed E-state index contributed by atoms with van der Waals surface area (Å²) in [6, 6.07) is 26.0. The van der Waals surface area contributed by atoms with Gasteiger partial charge >= 0.3 is 0 Å². The van der Waals surface area contributed by atoms with E-state index in [1.165, 1.54) is 30.3 Å². The van der Waals surface area contributed by atoms with E-state index in [0.29, 0.717) is 16.5 Å². The van der Waals surface area contributed by atoms with Gasteiger partial charge in [-0.05, 0) is 54.6 Å². The summed E-state index contributed by atoms with van der Waals surface area (Å²) < 4.78 is 33.9. The molecule has 0 spiro atoms. The first-order chi connectivity index (χ1) is 17.3. The number of amides is 1. The molecule has 0 radical (unpaired) electrons. The molecule has 10 heteroatoms. The zero-order chi connectivity index (χ0) is 25.7. The predicted molar refractivity (Wildman–Crippen MR) is 144 cm³/mol. The molecule has 0 bridgehead atoms. The minimum absolute atomic E-state index is 0.00216. The topological polar surface area (TPSA) is 75.7 Å². The van der Waals surface area contributed by atoms with E-state index >= 15 is 0 Å². The van der Waals surface area contributed by atoms with Crippen molar-refractivity contribution in [2.24, 2.45) is 0 Å². The average molecular weight is 562 g/mol. The summed E-state index contributed by atoms with van der Waals surface area (Å²) in [5, 5.41) is 3.21. The number of carbonyl (C=O) groups excluding carboxylic acids is 1. The van der Waals surface area contributed by atoms with Gasteiger partial charge < -0.3 is 10.1 Å². The van der Waals surface area contributed by atoms with E-state index in [-0.39, 0.29) is 26.3 Å². The van der Waals surface area contributed by atoms with Crippen LogP contribution in [-0.2, 0) is 14.8 Å². The van der Waals surface area contributed by atoms with Gasteiger partial charge in [0.15, 0.2) is 5.75 Å². The van der Waals surface area contributed by atoms with Gasteiger partial charge in [-0.15, -0.1) is 0 Å². The first-order valence-corrected chi connectivity index (χ1v) is 13.2. The lowest BCUT2D eigenvalue weighted by atomic mass is 10.2. The Bertz CT molecular complexity index is 1480. The fourth-order valence-corrected chi connectivity index (χ4v) is 5.40. The molecule has 0 unspecified atom stereocenters. The number of halogens is 3. The molecule has 1 N–H and O–H groups in total. The van der Waals surface area contributed by atoms with Gasteiger partial charge in [0.05, 0.1) is 26.3 Å². The highest BCUT2D eigenvalue weighted by molar-refractivity contribution is 7.92. The summed E-state index contributed by atoms with van der Waals surface area (Å²) in [6.45, 7) is -0.589. The molecule has 0 aliphatic heterocycles. The molecule has 0 atom stereocenters. The van der Waals surface area contributed by atoms with Crippen molar-refractivity contribution in [2.75, 3.05) is 16.2 Å². The van der Waals surface area contributed by atoms with Crippen LogP contribution in [0.15, 0.2) is 102 Å². The molecule has 4 aromatic rings. The Hall–Kier alpha value is -3.23. The van der Waals surface area contributed by atoms with E-state index in [2.05, 4.69) is 5.32 Å². The van der Waals surface area contributed by atoms with E-state index in [1.54, 1.807) is 48.5 Å². The summed E-state index contributed by atoms with van der Waals surface area (Å²) in [6.07, 6.45) is 0. The van der Waals surface area contributed by atoms with Gasteiger partial charge in [-0.3, -0.25) is 9.10 Å². The number of nitrogens with one attached hydrogen (secondary N) is 1. The molecule has 0 aliphatic carbocycles. The minimum Gasteiger partial charge on any atom is -0.455 e. The Kier molecular flexibility index (Phi) is 8.06. The number of hydrogen-bond donors (Lipinski definition) is 1. The van der Waals surface area contributed by atoms with Crippen molar-refractivity contribution in [3.63, 3.8) is 0 Å². The number of nitrogens with zero attached hydrogens (tertiary/aromatic N) is 1. The molecule has 0 heterocycles. The van der Waals surface area contributed by atoms with Crippen LogP contribution in [-0.4, -0.2) is 20.9 Å². The van der Waals surface area contributed by atoms with Gasteiger partial charge in [-0.1, -0.05) is 77.3 Å². The standard InChI is InChI=1S/C26H19Cl3N2O4S/c27-18-14-15-24(35-19-8-3-1-4-9-19)22(16-18)30-25(32)17-31(23-13-7-12-21(28)26(23)29)36(33,34)20-10-5-2-6-11-20/h1-16H,17H2,(H,30,32). The van der Waals surface area contributed by atoms with Crippen LogP contribution in [0.4, 0.5) is 11.4 Å². The Morgan fingerprint density at radius 2 is 1.50 bits per heavy atom. The van der Waals surface area contributed by atoms with Crippen LogP contribution in [0.25, 0.3) is 0 Å². The first-order valence-electron chi connectivity index (χ1n) is 10.6. The molecule has 36 heavy (non-hydrogen) atoms. The lowest BCUT2D eigenvalue weighted by Gasteiger charge is -2.25. The van der Waals surface area contributed by atoms with Crippen molar-refractivity contribution >= 4 is 62.1 Å². The third-order valence-corrected chi connectivity index (χ3v) is 7.82. The van der Waals surface area contributed by atoms with Gasteiger partial charge in [0, 0.05) is 5.02 Å². The van der Waals surface area contributed by atoms with E-state index in [4.69, 9.17) is 39.5 Å². The molecule has 4 rings (SSSR count). The van der Waals surface area contributed by atoms with Crippen LogP contribution in [0.2, 0.25) is 15.1 Å². The molecule has 1 amide bonds. The number of ether oxygens (including phenoxy) is 1. The summed E-state index contributed by atoms with van der Waals surface area (Å²) in [5.41, 5.74) is 0.334. The second-order valence-electron chi connectivity index (χ2n) is 7.50. The minimum atomic E-state index is -4.18. The molecular weight excluding hydrogens is 543 g/mol. The number of para-hydroxylation sites is 1. The zero-order valence-corrected chi connectivity index (χ0v) is 21.7. The highest BCUT2D eigenvalue weighted by Gasteiger charge is 2.29. The number of carbonyl (C=O) groups is 1. The summed E-state index contributed by atoms with van der Waals surface area (Å²) >= 11 is 18.7. The van der Waals surface area contributed by atoms with E-state index in [0.717, 1.165) is 4.31 Å². The molecular formula is C26H19Cl3N2O4S. The van der Waals surface area contributed by atoms with E-state index in [1.807, 2.05) is 18.2 Å². The predicted octanol–water partition coefficient (Wildman–Crippen LogP) is 7.27. The van der Waals surface area contributed by atoms with Crippen LogP contribution in [0.5, 0.6) is 11.5 Å². The van der Waals surface area contributed by atoms with Crippen molar-refractivity contribution in [2.45, 2.75) is 4.90 Å². The lowest BCUT2D eigenvalue weighted by molar-refractivity contribution is -0.114. The first kappa shape index (κ1) is 25.9. The third-order valence-electron chi connectivity index (χ3n) is 5.01. The Labute approximate surface area is 224 Å². The summed E-state index contributed by atoms with van der Waals surface area (Å²) in [5.74, 6) is 0.234. The highest BCUT2D eigenvalue weighted by atomic mass is 35.5. The van der Waals surface area contributed by atoms with Crippen molar-refractivity contribution in [1.82, 2.24) is 0 Å². The second kappa shape index (κ2) is 11.2. The average Bonchev–Trinajstić information content (AvgIpc) is 2.87. The number of sulfonamides is 1. The Morgan fingerprint density at radius 1 is 0.833 bits per heavy atom. The van der Waals surface area contributed by atoms with Crippen LogP contribution in [0, 0.1) is 0 Å². The quantitative estimate of drug-likeness (QED) is 0.245. The fourth-order valence-electron chi connectivity index (χ4n) is 3.33. The second-order valence-corrected chi connectivity index (χ2v) is 10.6. The van der Waals surface area contributed by atoms with Crippen molar-refractivity contribution in [3.8, 4) is 11.5 Å². The fraction of sp³-hybridized carbons (Fsp3) is 0.0385. The number of hydrogen-bond acceptors (Lipinski definition) is 4. The van der Waals surface area contributed by atoms with Crippen LogP contribution < -0.4 is 14.4 Å². The van der Waals surface area contributed by atoms with E-state index in [9.17, 15) is 13.2 Å². The SMILES string of the molecule is O=C(CN(c1cccc(Cl)c1Cl)S(=O)(=O)c1ccccc1)Nc1cc(Cl)ccc1Oc1ccccc1.